The van der Waals surface area contributed by atoms with E-state index in [2.05, 4.69) is 11.6 Å². The molecule has 0 bridgehead atoms. The molecule has 0 heterocycles. The number of aromatic carboxylic acids is 1. The first-order valence-corrected chi connectivity index (χ1v) is 11.9. The molecular formula is C23H29NO5S. The molecule has 0 unspecified atom stereocenters. The summed E-state index contributed by atoms with van der Waals surface area (Å²) in [4.78, 5) is 23.3. The van der Waals surface area contributed by atoms with Gasteiger partial charge in [-0.3, -0.25) is 9.52 Å². The van der Waals surface area contributed by atoms with Gasteiger partial charge in [0.05, 0.1) is 17.0 Å². The standard InChI is InChI=1S/C23H29NO5S/c1-3-4-5-6-7-8-14-30(28,29)24-22-13-12-20(16-21(22)23(26)27)19-11-9-10-18(15-19)17(2)25/h9-13,15-16,24H,3-8,14H2,1-2H3,(H,26,27). The van der Waals surface area contributed by atoms with Gasteiger partial charge in [0, 0.05) is 5.56 Å². The van der Waals surface area contributed by atoms with E-state index >= 15 is 0 Å². The summed E-state index contributed by atoms with van der Waals surface area (Å²) in [6.45, 7) is 3.59. The van der Waals surface area contributed by atoms with Gasteiger partial charge in [-0.15, -0.1) is 0 Å². The number of carboxylic acids is 1. The summed E-state index contributed by atoms with van der Waals surface area (Å²) in [6, 6.07) is 11.4. The molecule has 0 aliphatic heterocycles. The number of unbranched alkanes of at least 4 members (excludes halogenated alkanes) is 5. The summed E-state index contributed by atoms with van der Waals surface area (Å²) in [5.41, 5.74) is 1.71. The average Bonchev–Trinajstić information content (AvgIpc) is 2.70. The van der Waals surface area contributed by atoms with E-state index < -0.39 is 16.0 Å². The van der Waals surface area contributed by atoms with E-state index in [-0.39, 0.29) is 22.8 Å². The zero-order chi connectivity index (χ0) is 22.1. The van der Waals surface area contributed by atoms with Gasteiger partial charge in [0.15, 0.2) is 5.78 Å². The van der Waals surface area contributed by atoms with E-state index in [0.717, 1.165) is 32.1 Å². The molecule has 30 heavy (non-hydrogen) atoms. The molecule has 0 aromatic heterocycles. The Morgan fingerprint density at radius 3 is 2.27 bits per heavy atom. The maximum absolute atomic E-state index is 12.4. The van der Waals surface area contributed by atoms with Crippen molar-refractivity contribution >= 4 is 27.5 Å². The molecule has 2 aromatic rings. The molecule has 0 fully saturated rings. The number of carbonyl (C=O) groups is 2. The lowest BCUT2D eigenvalue weighted by molar-refractivity contribution is 0.0698. The summed E-state index contributed by atoms with van der Waals surface area (Å²) < 4.78 is 27.2. The van der Waals surface area contributed by atoms with E-state index in [0.29, 0.717) is 23.1 Å². The second-order valence-corrected chi connectivity index (χ2v) is 9.23. The Labute approximate surface area is 178 Å². The first-order chi connectivity index (χ1) is 14.2. The van der Waals surface area contributed by atoms with Crippen LogP contribution in [0.25, 0.3) is 11.1 Å². The fourth-order valence-corrected chi connectivity index (χ4v) is 4.40. The SMILES string of the molecule is CCCCCCCCS(=O)(=O)Nc1ccc(-c2cccc(C(C)=O)c2)cc1C(=O)O. The topological polar surface area (TPSA) is 101 Å². The summed E-state index contributed by atoms with van der Waals surface area (Å²) >= 11 is 0. The molecule has 0 atom stereocenters. The Balaban J connectivity index is 2.16. The highest BCUT2D eigenvalue weighted by Crippen LogP contribution is 2.27. The van der Waals surface area contributed by atoms with Crippen LogP contribution in [0.1, 0.15) is 73.1 Å². The van der Waals surface area contributed by atoms with Crippen molar-refractivity contribution in [3.05, 3.63) is 53.6 Å². The van der Waals surface area contributed by atoms with Crippen molar-refractivity contribution in [1.29, 1.82) is 0 Å². The number of nitrogens with one attached hydrogen (secondary N) is 1. The van der Waals surface area contributed by atoms with Crippen LogP contribution in [0.3, 0.4) is 0 Å². The van der Waals surface area contributed by atoms with Crippen LogP contribution in [0.4, 0.5) is 5.69 Å². The van der Waals surface area contributed by atoms with Gasteiger partial charge < -0.3 is 5.11 Å². The molecule has 0 radical (unpaired) electrons. The molecule has 0 aliphatic carbocycles. The lowest BCUT2D eigenvalue weighted by Crippen LogP contribution is -2.18. The lowest BCUT2D eigenvalue weighted by Gasteiger charge is -2.12. The first-order valence-electron chi connectivity index (χ1n) is 10.2. The average molecular weight is 432 g/mol. The van der Waals surface area contributed by atoms with E-state index in [1.807, 2.05) is 0 Å². The molecule has 2 N–H and O–H groups in total. The monoisotopic (exact) mass is 431 g/mol. The van der Waals surface area contributed by atoms with Gasteiger partial charge in [0.2, 0.25) is 10.0 Å². The van der Waals surface area contributed by atoms with Gasteiger partial charge in [-0.1, -0.05) is 63.3 Å². The number of anilines is 1. The highest BCUT2D eigenvalue weighted by molar-refractivity contribution is 7.92. The number of benzene rings is 2. The Morgan fingerprint density at radius 1 is 0.933 bits per heavy atom. The van der Waals surface area contributed by atoms with Crippen molar-refractivity contribution in [3.63, 3.8) is 0 Å². The third-order valence-electron chi connectivity index (χ3n) is 4.88. The van der Waals surface area contributed by atoms with Crippen molar-refractivity contribution in [2.45, 2.75) is 52.4 Å². The van der Waals surface area contributed by atoms with Crippen LogP contribution in [0.15, 0.2) is 42.5 Å². The maximum Gasteiger partial charge on any atom is 0.337 e. The first kappa shape index (κ1) is 23.6. The Bertz CT molecular complexity index is 998. The van der Waals surface area contributed by atoms with Gasteiger partial charge in [0.25, 0.3) is 0 Å². The van der Waals surface area contributed by atoms with Crippen LogP contribution < -0.4 is 4.72 Å². The fourth-order valence-electron chi connectivity index (χ4n) is 3.20. The van der Waals surface area contributed by atoms with Crippen molar-refractivity contribution in [2.75, 3.05) is 10.5 Å². The van der Waals surface area contributed by atoms with E-state index in [4.69, 9.17) is 0 Å². The largest absolute Gasteiger partial charge is 0.478 e. The molecule has 2 rings (SSSR count). The highest BCUT2D eigenvalue weighted by Gasteiger charge is 2.17. The van der Waals surface area contributed by atoms with Gasteiger partial charge in [-0.05, 0) is 42.7 Å². The van der Waals surface area contributed by atoms with Crippen LogP contribution in [0.2, 0.25) is 0 Å². The molecule has 0 saturated carbocycles. The molecule has 162 valence electrons. The number of carbonyl (C=O) groups excluding carboxylic acids is 1. The number of Topliss-reactive ketones (excluding diaryl/α,β-unsaturated/α-hetero) is 1. The molecule has 0 aliphatic rings. The zero-order valence-corrected chi connectivity index (χ0v) is 18.3. The molecule has 7 heteroatoms. The molecule has 6 nitrogen and oxygen atoms in total. The Hall–Kier alpha value is -2.67. The number of hydrogen-bond donors (Lipinski definition) is 2. The Morgan fingerprint density at radius 2 is 1.60 bits per heavy atom. The van der Waals surface area contributed by atoms with Gasteiger partial charge in [-0.25, -0.2) is 13.2 Å². The fraction of sp³-hybridized carbons (Fsp3) is 0.391. The summed E-state index contributed by atoms with van der Waals surface area (Å²) in [7, 11) is -3.64. The molecule has 0 spiro atoms. The molecule has 2 aromatic carbocycles. The summed E-state index contributed by atoms with van der Waals surface area (Å²) in [6.07, 6.45) is 5.74. The second-order valence-electron chi connectivity index (χ2n) is 7.39. The summed E-state index contributed by atoms with van der Waals surface area (Å²) in [5, 5.41) is 9.58. The number of ketones is 1. The van der Waals surface area contributed by atoms with Crippen molar-refractivity contribution < 1.29 is 23.1 Å². The minimum atomic E-state index is -3.64. The predicted molar refractivity (Wildman–Crippen MR) is 120 cm³/mol. The molecular weight excluding hydrogens is 402 g/mol. The van der Waals surface area contributed by atoms with Gasteiger partial charge in [0.1, 0.15) is 0 Å². The van der Waals surface area contributed by atoms with Gasteiger partial charge in [-0.2, -0.15) is 0 Å². The predicted octanol–water partition coefficient (Wildman–Crippen LogP) is 5.36. The minimum absolute atomic E-state index is 0.0411. The molecule has 0 saturated heterocycles. The third-order valence-corrected chi connectivity index (χ3v) is 6.24. The van der Waals surface area contributed by atoms with E-state index in [9.17, 15) is 23.1 Å². The number of carboxylic acid groups (broad SMARTS) is 1. The number of hydrogen-bond acceptors (Lipinski definition) is 4. The van der Waals surface area contributed by atoms with E-state index in [1.165, 1.54) is 19.1 Å². The number of rotatable bonds is 12. The Kier molecular flexibility index (Phi) is 8.59. The van der Waals surface area contributed by atoms with Crippen molar-refractivity contribution in [2.24, 2.45) is 0 Å². The number of sulfonamides is 1. The van der Waals surface area contributed by atoms with Gasteiger partial charge >= 0.3 is 5.97 Å². The second kappa shape index (κ2) is 10.9. The highest BCUT2D eigenvalue weighted by atomic mass is 32.2. The zero-order valence-electron chi connectivity index (χ0n) is 17.5. The van der Waals surface area contributed by atoms with E-state index in [1.54, 1.807) is 30.3 Å². The van der Waals surface area contributed by atoms with Crippen molar-refractivity contribution in [3.8, 4) is 11.1 Å². The van der Waals surface area contributed by atoms with Crippen molar-refractivity contribution in [1.82, 2.24) is 0 Å². The lowest BCUT2D eigenvalue weighted by atomic mass is 9.99. The maximum atomic E-state index is 12.4. The van der Waals surface area contributed by atoms with Crippen LogP contribution in [-0.2, 0) is 10.0 Å². The van der Waals surface area contributed by atoms with Crippen LogP contribution >= 0.6 is 0 Å². The third kappa shape index (κ3) is 6.99. The normalized spacial score (nSPS) is 11.3. The van der Waals surface area contributed by atoms with Crippen LogP contribution in [0.5, 0.6) is 0 Å². The van der Waals surface area contributed by atoms with Crippen LogP contribution in [-0.4, -0.2) is 31.0 Å². The molecule has 0 amide bonds. The van der Waals surface area contributed by atoms with Crippen LogP contribution in [0, 0.1) is 0 Å². The minimum Gasteiger partial charge on any atom is -0.478 e. The quantitative estimate of drug-likeness (QED) is 0.348. The summed E-state index contributed by atoms with van der Waals surface area (Å²) in [5.74, 6) is -1.35. The smallest absolute Gasteiger partial charge is 0.337 e.